The van der Waals surface area contributed by atoms with Crippen LogP contribution in [-0.2, 0) is 11.3 Å². The third kappa shape index (κ3) is 4.36. The number of likely N-dealkylation sites (tertiary alicyclic amines) is 1. The maximum absolute atomic E-state index is 11.3. The standard InChI is InChI=1S/C16H24N2O3/c1-12(19)18-6-4-14(5-7-18)17-11-13-8-15(20-2)10-16(9-13)21-3/h8-10,14,17H,4-7,11H2,1-3H3. The molecule has 1 fully saturated rings. The number of piperidine rings is 1. The van der Waals surface area contributed by atoms with Gasteiger partial charge in [0.15, 0.2) is 0 Å². The van der Waals surface area contributed by atoms with Crippen molar-refractivity contribution in [2.24, 2.45) is 0 Å². The molecule has 1 N–H and O–H groups in total. The Kier molecular flexibility index (Phi) is 5.44. The Labute approximate surface area is 126 Å². The summed E-state index contributed by atoms with van der Waals surface area (Å²) in [7, 11) is 3.31. The van der Waals surface area contributed by atoms with E-state index in [1.807, 2.05) is 23.1 Å². The van der Waals surface area contributed by atoms with Crippen molar-refractivity contribution in [2.75, 3.05) is 27.3 Å². The first-order chi connectivity index (χ1) is 10.1. The van der Waals surface area contributed by atoms with E-state index in [4.69, 9.17) is 9.47 Å². The summed E-state index contributed by atoms with van der Waals surface area (Å²) < 4.78 is 10.6. The zero-order chi connectivity index (χ0) is 15.2. The van der Waals surface area contributed by atoms with Crippen LogP contribution in [0.15, 0.2) is 18.2 Å². The van der Waals surface area contributed by atoms with Crippen molar-refractivity contribution >= 4 is 5.91 Å². The summed E-state index contributed by atoms with van der Waals surface area (Å²) in [6, 6.07) is 6.35. The lowest BCUT2D eigenvalue weighted by molar-refractivity contribution is -0.129. The molecule has 0 atom stereocenters. The lowest BCUT2D eigenvalue weighted by Crippen LogP contribution is -2.43. The largest absolute Gasteiger partial charge is 0.497 e. The Morgan fingerprint density at radius 1 is 1.19 bits per heavy atom. The molecule has 0 bridgehead atoms. The van der Waals surface area contributed by atoms with Crippen molar-refractivity contribution in [2.45, 2.75) is 32.4 Å². The number of nitrogens with zero attached hydrogens (tertiary/aromatic N) is 1. The van der Waals surface area contributed by atoms with E-state index < -0.39 is 0 Å². The van der Waals surface area contributed by atoms with Gasteiger partial charge >= 0.3 is 0 Å². The predicted octanol–water partition coefficient (Wildman–Crippen LogP) is 1.80. The van der Waals surface area contributed by atoms with Gasteiger partial charge in [-0.2, -0.15) is 0 Å². The highest BCUT2D eigenvalue weighted by Crippen LogP contribution is 2.22. The predicted molar refractivity (Wildman–Crippen MR) is 81.7 cm³/mol. The van der Waals surface area contributed by atoms with Crippen LogP contribution in [0.3, 0.4) is 0 Å². The van der Waals surface area contributed by atoms with Crippen LogP contribution in [0.25, 0.3) is 0 Å². The van der Waals surface area contributed by atoms with Crippen molar-refractivity contribution in [1.82, 2.24) is 10.2 Å². The summed E-state index contributed by atoms with van der Waals surface area (Å²) in [5.74, 6) is 1.78. The molecule has 0 radical (unpaired) electrons. The Morgan fingerprint density at radius 3 is 2.24 bits per heavy atom. The molecule has 21 heavy (non-hydrogen) atoms. The maximum atomic E-state index is 11.3. The molecule has 1 saturated heterocycles. The Bertz CT molecular complexity index is 460. The van der Waals surface area contributed by atoms with Crippen molar-refractivity contribution < 1.29 is 14.3 Å². The molecule has 1 heterocycles. The first-order valence-electron chi connectivity index (χ1n) is 7.33. The molecular weight excluding hydrogens is 268 g/mol. The lowest BCUT2D eigenvalue weighted by Gasteiger charge is -2.31. The molecule has 1 amide bonds. The van der Waals surface area contributed by atoms with E-state index in [0.29, 0.717) is 6.04 Å². The number of hydrogen-bond acceptors (Lipinski definition) is 4. The molecule has 0 aromatic heterocycles. The van der Waals surface area contributed by atoms with Crippen LogP contribution in [0.4, 0.5) is 0 Å². The first kappa shape index (κ1) is 15.6. The van der Waals surface area contributed by atoms with Crippen molar-refractivity contribution in [3.8, 4) is 11.5 Å². The van der Waals surface area contributed by atoms with Crippen molar-refractivity contribution in [3.05, 3.63) is 23.8 Å². The summed E-state index contributed by atoms with van der Waals surface area (Å²) in [4.78, 5) is 13.2. The zero-order valence-corrected chi connectivity index (χ0v) is 13.0. The molecule has 5 nitrogen and oxygen atoms in total. The van der Waals surface area contributed by atoms with Gasteiger partial charge in [0.25, 0.3) is 0 Å². The Balaban J connectivity index is 1.87. The molecule has 0 aliphatic carbocycles. The maximum Gasteiger partial charge on any atom is 0.219 e. The fraction of sp³-hybridized carbons (Fsp3) is 0.562. The van der Waals surface area contributed by atoms with Gasteiger partial charge in [-0.15, -0.1) is 0 Å². The van der Waals surface area contributed by atoms with Gasteiger partial charge in [0.2, 0.25) is 5.91 Å². The van der Waals surface area contributed by atoms with Crippen LogP contribution in [0, 0.1) is 0 Å². The summed E-state index contributed by atoms with van der Waals surface area (Å²) in [6.07, 6.45) is 2.00. The molecule has 5 heteroatoms. The number of rotatable bonds is 5. The summed E-state index contributed by atoms with van der Waals surface area (Å²) in [6.45, 7) is 4.09. The number of carbonyl (C=O) groups is 1. The van der Waals surface area contributed by atoms with Gasteiger partial charge in [-0.1, -0.05) is 0 Å². The van der Waals surface area contributed by atoms with Crippen LogP contribution < -0.4 is 14.8 Å². The van der Waals surface area contributed by atoms with E-state index in [1.165, 1.54) is 0 Å². The number of amides is 1. The van der Waals surface area contributed by atoms with Crippen LogP contribution >= 0.6 is 0 Å². The summed E-state index contributed by atoms with van der Waals surface area (Å²) in [5, 5.41) is 3.55. The molecule has 1 aliphatic heterocycles. The second-order valence-corrected chi connectivity index (χ2v) is 5.38. The SMILES string of the molecule is COc1cc(CNC2CCN(C(C)=O)CC2)cc(OC)c1. The average molecular weight is 292 g/mol. The number of hydrogen-bond donors (Lipinski definition) is 1. The van der Waals surface area contributed by atoms with Gasteiger partial charge in [0.05, 0.1) is 14.2 Å². The monoisotopic (exact) mass is 292 g/mol. The van der Waals surface area contributed by atoms with Gasteiger partial charge in [0, 0.05) is 38.7 Å². The van der Waals surface area contributed by atoms with Gasteiger partial charge in [0.1, 0.15) is 11.5 Å². The molecule has 0 saturated carbocycles. The minimum Gasteiger partial charge on any atom is -0.497 e. The quantitative estimate of drug-likeness (QED) is 0.899. The van der Waals surface area contributed by atoms with E-state index >= 15 is 0 Å². The number of ether oxygens (including phenoxy) is 2. The van der Waals surface area contributed by atoms with E-state index in [0.717, 1.165) is 49.5 Å². The number of carbonyl (C=O) groups excluding carboxylic acids is 1. The Hall–Kier alpha value is -1.75. The smallest absolute Gasteiger partial charge is 0.219 e. The molecule has 1 aromatic rings. The van der Waals surface area contributed by atoms with Gasteiger partial charge in [-0.25, -0.2) is 0 Å². The average Bonchev–Trinajstić information content (AvgIpc) is 2.52. The van der Waals surface area contributed by atoms with Crippen LogP contribution in [0.2, 0.25) is 0 Å². The van der Waals surface area contributed by atoms with Crippen molar-refractivity contribution in [3.63, 3.8) is 0 Å². The highest BCUT2D eigenvalue weighted by molar-refractivity contribution is 5.73. The van der Waals surface area contributed by atoms with Crippen LogP contribution in [-0.4, -0.2) is 44.2 Å². The molecule has 0 unspecified atom stereocenters. The van der Waals surface area contributed by atoms with E-state index in [-0.39, 0.29) is 5.91 Å². The highest BCUT2D eigenvalue weighted by Gasteiger charge is 2.20. The summed E-state index contributed by atoms with van der Waals surface area (Å²) >= 11 is 0. The third-order valence-electron chi connectivity index (χ3n) is 3.95. The van der Waals surface area contributed by atoms with Crippen LogP contribution in [0.1, 0.15) is 25.3 Å². The minimum absolute atomic E-state index is 0.172. The van der Waals surface area contributed by atoms with Crippen LogP contribution in [0.5, 0.6) is 11.5 Å². The van der Waals surface area contributed by atoms with Crippen molar-refractivity contribution in [1.29, 1.82) is 0 Å². The second-order valence-electron chi connectivity index (χ2n) is 5.38. The first-order valence-corrected chi connectivity index (χ1v) is 7.33. The van der Waals surface area contributed by atoms with Gasteiger partial charge in [-0.05, 0) is 30.5 Å². The summed E-state index contributed by atoms with van der Waals surface area (Å²) in [5.41, 5.74) is 1.14. The number of nitrogens with one attached hydrogen (secondary N) is 1. The topological polar surface area (TPSA) is 50.8 Å². The fourth-order valence-corrected chi connectivity index (χ4v) is 2.63. The Morgan fingerprint density at radius 2 is 1.76 bits per heavy atom. The third-order valence-corrected chi connectivity index (χ3v) is 3.95. The molecule has 0 spiro atoms. The van der Waals surface area contributed by atoms with Gasteiger partial charge < -0.3 is 19.7 Å². The normalized spacial score (nSPS) is 15.9. The molecule has 116 valence electrons. The highest BCUT2D eigenvalue weighted by atomic mass is 16.5. The molecule has 1 aromatic carbocycles. The van der Waals surface area contributed by atoms with E-state index in [9.17, 15) is 4.79 Å². The second kappa shape index (κ2) is 7.31. The number of benzene rings is 1. The minimum atomic E-state index is 0.172. The van der Waals surface area contributed by atoms with E-state index in [2.05, 4.69) is 5.32 Å². The molecular formula is C16H24N2O3. The molecule has 2 rings (SSSR count). The zero-order valence-electron chi connectivity index (χ0n) is 13.0. The van der Waals surface area contributed by atoms with Gasteiger partial charge in [-0.3, -0.25) is 4.79 Å². The lowest BCUT2D eigenvalue weighted by atomic mass is 10.0. The van der Waals surface area contributed by atoms with E-state index in [1.54, 1.807) is 21.1 Å². The fourth-order valence-electron chi connectivity index (χ4n) is 2.63. The molecule has 1 aliphatic rings. The number of methoxy groups -OCH3 is 2.